The molecule has 0 aromatic heterocycles. The number of halogens is 4. The fourth-order valence-corrected chi connectivity index (χ4v) is 7.26. The van der Waals surface area contributed by atoms with Crippen molar-refractivity contribution in [1.82, 2.24) is 10.6 Å². The Kier molecular flexibility index (Phi) is 8.55. The second-order valence-electron chi connectivity index (χ2n) is 12.8. The summed E-state index contributed by atoms with van der Waals surface area (Å²) in [5.74, 6) is 1.21. The van der Waals surface area contributed by atoms with E-state index in [9.17, 15) is 23.4 Å². The number of aliphatic hydroxyl groups is 2. The molecule has 3 saturated carbocycles. The molecule has 4 aliphatic carbocycles. The minimum absolute atomic E-state index is 0.0350. The number of hydrogen-bond donors (Lipinski definition) is 4. The summed E-state index contributed by atoms with van der Waals surface area (Å²) < 4.78 is 46.2. The second kappa shape index (κ2) is 11.3. The molecule has 1 heterocycles. The highest BCUT2D eigenvalue weighted by Crippen LogP contribution is 2.59. The van der Waals surface area contributed by atoms with Crippen molar-refractivity contribution in [2.75, 3.05) is 13.2 Å². The summed E-state index contributed by atoms with van der Waals surface area (Å²) in [5.41, 5.74) is 0.0130. The van der Waals surface area contributed by atoms with E-state index < -0.39 is 24.2 Å². The highest BCUT2D eigenvalue weighted by atomic mass is 35.5. The Morgan fingerprint density at radius 3 is 2.53 bits per heavy atom. The third-order valence-electron chi connectivity index (χ3n) is 9.49. The number of fused-ring (bicyclic) bond motifs is 1. The van der Waals surface area contributed by atoms with Gasteiger partial charge in [0.1, 0.15) is 11.6 Å². The molecule has 38 heavy (non-hydrogen) atoms. The van der Waals surface area contributed by atoms with Crippen LogP contribution in [-0.2, 0) is 4.74 Å². The van der Waals surface area contributed by atoms with Crippen molar-refractivity contribution in [2.45, 2.75) is 108 Å². The molecule has 5 rings (SSSR count). The van der Waals surface area contributed by atoms with E-state index in [1.54, 1.807) is 0 Å². The van der Waals surface area contributed by atoms with Gasteiger partial charge < -0.3 is 14.9 Å². The summed E-state index contributed by atoms with van der Waals surface area (Å²) in [6.07, 6.45) is 1.85. The van der Waals surface area contributed by atoms with Crippen LogP contribution >= 0.6 is 11.6 Å². The zero-order valence-corrected chi connectivity index (χ0v) is 23.1. The molecule has 7 unspecified atom stereocenters. The lowest BCUT2D eigenvalue weighted by Gasteiger charge is -2.35. The molecule has 0 radical (unpaired) electrons. The summed E-state index contributed by atoms with van der Waals surface area (Å²) >= 11 is 6.78. The van der Waals surface area contributed by atoms with E-state index in [1.807, 2.05) is 0 Å². The van der Waals surface area contributed by atoms with Gasteiger partial charge in [-0.25, -0.2) is 4.99 Å². The normalized spacial score (nSPS) is 39.6. The molecule has 0 aromatic carbocycles. The zero-order chi connectivity index (χ0) is 27.2. The van der Waals surface area contributed by atoms with Crippen molar-refractivity contribution in [3.63, 3.8) is 0 Å². The zero-order valence-electron chi connectivity index (χ0n) is 22.4. The first-order valence-electron chi connectivity index (χ1n) is 14.5. The molecule has 0 bridgehead atoms. The molecule has 4 N–H and O–H groups in total. The standard InChI is InChI=1S/C28H43ClF3N3O3/c1-15(2)14-38-18-6-4-17(5-7-18)23-19-12-20(19)24(35-26(37)34-23)21-11-16(3-8-22(21)29)13-33-25(36)27(9-10-27)28(30,31)32/h12,15-19,21-23,25-26,33-34,36-37H,3-11,13-14H2,1-2H3. The molecule has 0 amide bonds. The lowest BCUT2D eigenvalue weighted by Crippen LogP contribution is -2.47. The van der Waals surface area contributed by atoms with Crippen LogP contribution in [0.25, 0.3) is 0 Å². The average Bonchev–Trinajstić information content (AvgIpc) is 3.77. The SMILES string of the molecule is CC(C)COC1CCC(C2NC(O)N=C(C3CC(CNC(O)C4(C(F)(F)F)CC4)CCC3Cl)C3=CC32)CC1. The number of nitrogens with zero attached hydrogens (tertiary/aromatic N) is 1. The van der Waals surface area contributed by atoms with E-state index in [0.717, 1.165) is 56.4 Å². The van der Waals surface area contributed by atoms with Gasteiger partial charge in [0.25, 0.3) is 0 Å². The number of rotatable bonds is 9. The van der Waals surface area contributed by atoms with Crippen LogP contribution in [0.15, 0.2) is 16.6 Å². The lowest BCUT2D eigenvalue weighted by atomic mass is 9.76. The Morgan fingerprint density at radius 2 is 1.89 bits per heavy atom. The highest BCUT2D eigenvalue weighted by Gasteiger charge is 2.67. The van der Waals surface area contributed by atoms with Crippen LogP contribution in [0.2, 0.25) is 0 Å². The number of hydrogen-bond acceptors (Lipinski definition) is 6. The number of nitrogens with one attached hydrogen (secondary N) is 2. The van der Waals surface area contributed by atoms with Gasteiger partial charge in [-0.3, -0.25) is 10.6 Å². The predicted molar refractivity (Wildman–Crippen MR) is 141 cm³/mol. The Morgan fingerprint density at radius 1 is 1.18 bits per heavy atom. The van der Waals surface area contributed by atoms with Crippen molar-refractivity contribution >= 4 is 17.3 Å². The summed E-state index contributed by atoms with van der Waals surface area (Å²) in [5, 5.41) is 27.1. The van der Waals surface area contributed by atoms with Gasteiger partial charge in [-0.15, -0.1) is 11.6 Å². The van der Waals surface area contributed by atoms with Crippen molar-refractivity contribution in [3.05, 3.63) is 11.6 Å². The van der Waals surface area contributed by atoms with Crippen molar-refractivity contribution in [1.29, 1.82) is 0 Å². The van der Waals surface area contributed by atoms with Gasteiger partial charge in [0, 0.05) is 42.1 Å². The van der Waals surface area contributed by atoms with Crippen LogP contribution in [0.3, 0.4) is 0 Å². The molecule has 6 nitrogen and oxygen atoms in total. The maximum absolute atomic E-state index is 13.4. The first-order valence-corrected chi connectivity index (χ1v) is 14.9. The van der Waals surface area contributed by atoms with Gasteiger partial charge in [-0.2, -0.15) is 13.2 Å². The topological polar surface area (TPSA) is 86.1 Å². The van der Waals surface area contributed by atoms with Gasteiger partial charge >= 0.3 is 6.18 Å². The maximum Gasteiger partial charge on any atom is 0.398 e. The van der Waals surface area contributed by atoms with Gasteiger partial charge in [-0.1, -0.05) is 19.9 Å². The van der Waals surface area contributed by atoms with E-state index in [1.165, 1.54) is 0 Å². The Balaban J connectivity index is 1.16. The fraction of sp³-hybridized carbons (Fsp3) is 0.893. The van der Waals surface area contributed by atoms with Crippen LogP contribution in [-0.4, -0.2) is 65.4 Å². The molecule has 3 fully saturated rings. The molecular formula is C28H43ClF3N3O3. The molecular weight excluding hydrogens is 519 g/mol. The van der Waals surface area contributed by atoms with E-state index in [2.05, 4.69) is 35.5 Å². The minimum Gasteiger partial charge on any atom is -0.378 e. The first kappa shape index (κ1) is 28.8. The quantitative estimate of drug-likeness (QED) is 0.241. The largest absolute Gasteiger partial charge is 0.398 e. The summed E-state index contributed by atoms with van der Waals surface area (Å²) in [6, 6.07) is 0.134. The van der Waals surface area contributed by atoms with Gasteiger partial charge in [0.2, 0.25) is 6.35 Å². The molecule has 0 aromatic rings. The first-order chi connectivity index (χ1) is 18.0. The van der Waals surface area contributed by atoms with Gasteiger partial charge in [0.15, 0.2) is 0 Å². The number of aliphatic hydroxyl groups excluding tert-OH is 2. The molecule has 5 aliphatic rings. The number of aliphatic imine (C=N–C) groups is 1. The molecule has 7 atom stereocenters. The summed E-state index contributed by atoms with van der Waals surface area (Å²) in [6.45, 7) is 5.43. The predicted octanol–water partition coefficient (Wildman–Crippen LogP) is 4.74. The van der Waals surface area contributed by atoms with E-state index in [0.29, 0.717) is 30.9 Å². The van der Waals surface area contributed by atoms with Crippen molar-refractivity contribution < 1.29 is 28.1 Å². The number of alkyl halides is 4. The Labute approximate surface area is 228 Å². The third kappa shape index (κ3) is 6.13. The van der Waals surface area contributed by atoms with Crippen LogP contribution in [0, 0.1) is 35.0 Å². The average molecular weight is 562 g/mol. The monoisotopic (exact) mass is 561 g/mol. The fourth-order valence-electron chi connectivity index (χ4n) is 6.91. The Hall–Kier alpha value is -0.710. The van der Waals surface area contributed by atoms with Gasteiger partial charge in [0.05, 0.1) is 6.10 Å². The second-order valence-corrected chi connectivity index (χ2v) is 13.3. The molecule has 216 valence electrons. The summed E-state index contributed by atoms with van der Waals surface area (Å²) in [4.78, 5) is 4.66. The third-order valence-corrected chi connectivity index (χ3v) is 10.0. The van der Waals surface area contributed by atoms with Crippen molar-refractivity contribution in [3.8, 4) is 0 Å². The molecule has 0 spiro atoms. The lowest BCUT2D eigenvalue weighted by molar-refractivity contribution is -0.218. The van der Waals surface area contributed by atoms with Crippen LogP contribution in [0.5, 0.6) is 0 Å². The summed E-state index contributed by atoms with van der Waals surface area (Å²) in [7, 11) is 0. The number of ether oxygens (including phenoxy) is 1. The smallest absolute Gasteiger partial charge is 0.378 e. The molecule has 1 aliphatic heterocycles. The van der Waals surface area contributed by atoms with Crippen LogP contribution < -0.4 is 10.6 Å². The van der Waals surface area contributed by atoms with Gasteiger partial charge in [-0.05, 0) is 81.1 Å². The minimum atomic E-state index is -4.40. The Bertz CT molecular complexity index is 902. The van der Waals surface area contributed by atoms with Crippen molar-refractivity contribution in [2.24, 2.45) is 40.0 Å². The van der Waals surface area contributed by atoms with E-state index in [4.69, 9.17) is 16.3 Å². The highest BCUT2D eigenvalue weighted by molar-refractivity contribution is 6.23. The maximum atomic E-state index is 13.4. The molecule has 0 saturated heterocycles. The van der Waals surface area contributed by atoms with E-state index >= 15 is 0 Å². The van der Waals surface area contributed by atoms with E-state index in [-0.39, 0.29) is 42.0 Å². The molecule has 10 heteroatoms. The van der Waals surface area contributed by atoms with Crippen LogP contribution in [0.4, 0.5) is 13.2 Å². The van der Waals surface area contributed by atoms with Crippen LogP contribution in [0.1, 0.15) is 71.6 Å².